The molecule has 0 aliphatic carbocycles. The molecule has 1 unspecified atom stereocenters. The van der Waals surface area contributed by atoms with E-state index in [9.17, 15) is 9.59 Å². The van der Waals surface area contributed by atoms with Crippen molar-refractivity contribution in [1.29, 1.82) is 0 Å². The summed E-state index contributed by atoms with van der Waals surface area (Å²) in [6.45, 7) is 1.53. The van der Waals surface area contributed by atoms with Gasteiger partial charge in [0.2, 0.25) is 5.91 Å². The summed E-state index contributed by atoms with van der Waals surface area (Å²) in [5.74, 6) is 1.14. The molecule has 2 aliphatic heterocycles. The van der Waals surface area contributed by atoms with E-state index in [1.165, 1.54) is 13.5 Å². The average molecular weight is 349 g/mol. The third kappa shape index (κ3) is 3.92. The SMILES string of the molecule is COC(=O)c1ccc2c(c1)CCN2C(=O)CSCC1CCCCO1. The summed E-state index contributed by atoms with van der Waals surface area (Å²) in [5.41, 5.74) is 2.49. The van der Waals surface area contributed by atoms with E-state index < -0.39 is 0 Å². The van der Waals surface area contributed by atoms with Gasteiger partial charge in [-0.25, -0.2) is 4.79 Å². The van der Waals surface area contributed by atoms with E-state index in [0.717, 1.165) is 42.9 Å². The highest BCUT2D eigenvalue weighted by Crippen LogP contribution is 2.30. The topological polar surface area (TPSA) is 55.8 Å². The van der Waals surface area contributed by atoms with Crippen molar-refractivity contribution in [2.24, 2.45) is 0 Å². The van der Waals surface area contributed by atoms with Gasteiger partial charge in [0.1, 0.15) is 0 Å². The molecule has 24 heavy (non-hydrogen) atoms. The minimum atomic E-state index is -0.342. The second-order valence-electron chi connectivity index (χ2n) is 6.13. The largest absolute Gasteiger partial charge is 0.465 e. The fourth-order valence-corrected chi connectivity index (χ4v) is 4.17. The Kier molecular flexibility index (Phi) is 5.79. The van der Waals surface area contributed by atoms with Crippen molar-refractivity contribution in [3.8, 4) is 0 Å². The Hall–Kier alpha value is -1.53. The number of esters is 1. The van der Waals surface area contributed by atoms with Crippen molar-refractivity contribution in [2.75, 3.05) is 36.7 Å². The predicted molar refractivity (Wildman–Crippen MR) is 94.8 cm³/mol. The lowest BCUT2D eigenvalue weighted by Gasteiger charge is -2.22. The minimum Gasteiger partial charge on any atom is -0.465 e. The molecule has 0 spiro atoms. The summed E-state index contributed by atoms with van der Waals surface area (Å²) in [5, 5.41) is 0. The Morgan fingerprint density at radius 3 is 3.00 bits per heavy atom. The third-order valence-electron chi connectivity index (χ3n) is 4.50. The predicted octanol–water partition coefficient (Wildman–Crippen LogP) is 2.66. The fourth-order valence-electron chi connectivity index (χ4n) is 3.20. The van der Waals surface area contributed by atoms with Gasteiger partial charge in [0.25, 0.3) is 0 Å². The van der Waals surface area contributed by atoms with Crippen LogP contribution in [0.4, 0.5) is 5.69 Å². The number of carbonyl (C=O) groups is 2. The highest BCUT2D eigenvalue weighted by molar-refractivity contribution is 8.00. The highest BCUT2D eigenvalue weighted by Gasteiger charge is 2.26. The normalized spacial score (nSPS) is 19.9. The van der Waals surface area contributed by atoms with Crippen LogP contribution in [0, 0.1) is 0 Å². The molecule has 0 saturated carbocycles. The minimum absolute atomic E-state index is 0.125. The first-order chi connectivity index (χ1) is 11.7. The van der Waals surface area contributed by atoms with Gasteiger partial charge in [-0.3, -0.25) is 4.79 Å². The van der Waals surface area contributed by atoms with E-state index in [-0.39, 0.29) is 11.9 Å². The molecule has 6 heteroatoms. The first-order valence-electron chi connectivity index (χ1n) is 8.40. The number of hydrogen-bond acceptors (Lipinski definition) is 5. The van der Waals surface area contributed by atoms with E-state index in [1.807, 2.05) is 17.0 Å². The molecule has 2 aliphatic rings. The van der Waals surface area contributed by atoms with Crippen LogP contribution in [0.25, 0.3) is 0 Å². The number of hydrogen-bond donors (Lipinski definition) is 0. The molecule has 0 radical (unpaired) electrons. The molecule has 2 heterocycles. The van der Waals surface area contributed by atoms with Crippen molar-refractivity contribution in [1.82, 2.24) is 0 Å². The van der Waals surface area contributed by atoms with Gasteiger partial charge in [-0.15, -0.1) is 11.8 Å². The van der Waals surface area contributed by atoms with E-state index >= 15 is 0 Å². The number of nitrogens with zero attached hydrogens (tertiary/aromatic N) is 1. The Morgan fingerprint density at radius 2 is 2.25 bits per heavy atom. The number of methoxy groups -OCH3 is 1. The second kappa shape index (κ2) is 8.03. The van der Waals surface area contributed by atoms with Gasteiger partial charge in [-0.2, -0.15) is 0 Å². The van der Waals surface area contributed by atoms with Crippen LogP contribution in [0.15, 0.2) is 18.2 Å². The summed E-state index contributed by atoms with van der Waals surface area (Å²) in [4.78, 5) is 25.9. The van der Waals surface area contributed by atoms with Gasteiger partial charge < -0.3 is 14.4 Å². The quantitative estimate of drug-likeness (QED) is 0.765. The van der Waals surface area contributed by atoms with Crippen molar-refractivity contribution >= 4 is 29.3 Å². The van der Waals surface area contributed by atoms with Crippen molar-refractivity contribution < 1.29 is 19.1 Å². The first-order valence-corrected chi connectivity index (χ1v) is 9.55. The first kappa shape index (κ1) is 17.3. The maximum absolute atomic E-state index is 12.5. The number of anilines is 1. The Labute approximate surface area is 146 Å². The van der Waals surface area contributed by atoms with E-state index in [4.69, 9.17) is 9.47 Å². The third-order valence-corrected chi connectivity index (χ3v) is 5.56. The van der Waals surface area contributed by atoms with Crippen molar-refractivity contribution in [3.63, 3.8) is 0 Å². The molecule has 1 atom stereocenters. The van der Waals surface area contributed by atoms with Crippen LogP contribution in [-0.4, -0.2) is 49.7 Å². The molecule has 1 fully saturated rings. The van der Waals surface area contributed by atoms with Gasteiger partial charge >= 0.3 is 5.97 Å². The Bertz CT molecular complexity index is 613. The smallest absolute Gasteiger partial charge is 0.337 e. The molecule has 1 aromatic rings. The van der Waals surface area contributed by atoms with Crippen LogP contribution in [0.5, 0.6) is 0 Å². The second-order valence-corrected chi connectivity index (χ2v) is 7.16. The zero-order valence-electron chi connectivity index (χ0n) is 14.0. The summed E-state index contributed by atoms with van der Waals surface area (Å²) in [7, 11) is 1.37. The number of benzene rings is 1. The monoisotopic (exact) mass is 349 g/mol. The molecule has 1 saturated heterocycles. The van der Waals surface area contributed by atoms with Gasteiger partial charge in [-0.05, 0) is 49.4 Å². The number of carbonyl (C=O) groups excluding carboxylic acids is 2. The molecule has 0 N–H and O–H groups in total. The van der Waals surface area contributed by atoms with Crippen LogP contribution >= 0.6 is 11.8 Å². The molecule has 0 aromatic heterocycles. The van der Waals surface area contributed by atoms with Crippen molar-refractivity contribution in [3.05, 3.63) is 29.3 Å². The maximum Gasteiger partial charge on any atom is 0.337 e. The molecule has 5 nitrogen and oxygen atoms in total. The van der Waals surface area contributed by atoms with Crippen LogP contribution in [-0.2, 0) is 20.7 Å². The van der Waals surface area contributed by atoms with Crippen LogP contribution in [0.3, 0.4) is 0 Å². The molecular formula is C18H23NO4S. The Balaban J connectivity index is 1.55. The summed E-state index contributed by atoms with van der Waals surface area (Å²) < 4.78 is 10.4. The van der Waals surface area contributed by atoms with E-state index in [0.29, 0.717) is 24.0 Å². The number of amides is 1. The number of rotatable bonds is 5. The lowest BCUT2D eigenvalue weighted by Crippen LogP contribution is -2.31. The average Bonchev–Trinajstić information content (AvgIpc) is 3.05. The summed E-state index contributed by atoms with van der Waals surface area (Å²) in [6.07, 6.45) is 4.55. The molecule has 1 amide bonds. The molecule has 1 aromatic carbocycles. The number of ether oxygens (including phenoxy) is 2. The maximum atomic E-state index is 12.5. The lowest BCUT2D eigenvalue weighted by atomic mass is 10.1. The van der Waals surface area contributed by atoms with Crippen LogP contribution in [0.1, 0.15) is 35.2 Å². The van der Waals surface area contributed by atoms with Gasteiger partial charge in [0.05, 0.1) is 24.5 Å². The number of fused-ring (bicyclic) bond motifs is 1. The summed E-state index contributed by atoms with van der Waals surface area (Å²) >= 11 is 1.65. The zero-order valence-corrected chi connectivity index (χ0v) is 14.8. The molecule has 130 valence electrons. The fraction of sp³-hybridized carbons (Fsp3) is 0.556. The molecule has 0 bridgehead atoms. The molecule has 3 rings (SSSR count). The van der Waals surface area contributed by atoms with Crippen LogP contribution < -0.4 is 4.90 Å². The van der Waals surface area contributed by atoms with Gasteiger partial charge in [0, 0.05) is 24.6 Å². The van der Waals surface area contributed by atoms with E-state index in [2.05, 4.69) is 0 Å². The zero-order chi connectivity index (χ0) is 16.9. The van der Waals surface area contributed by atoms with Gasteiger partial charge in [-0.1, -0.05) is 0 Å². The standard InChI is InChI=1S/C18H23NO4S/c1-22-18(21)14-5-6-16-13(10-14)7-8-19(16)17(20)12-24-11-15-4-2-3-9-23-15/h5-6,10,15H,2-4,7-9,11-12H2,1H3. The lowest BCUT2D eigenvalue weighted by molar-refractivity contribution is -0.116. The van der Waals surface area contributed by atoms with Crippen molar-refractivity contribution in [2.45, 2.75) is 31.8 Å². The van der Waals surface area contributed by atoms with E-state index in [1.54, 1.807) is 17.8 Å². The van der Waals surface area contributed by atoms with Gasteiger partial charge in [0.15, 0.2) is 0 Å². The summed E-state index contributed by atoms with van der Waals surface area (Å²) in [6, 6.07) is 5.40. The number of thioether (sulfide) groups is 1. The van der Waals surface area contributed by atoms with Crippen LogP contribution in [0.2, 0.25) is 0 Å². The Morgan fingerprint density at radius 1 is 1.38 bits per heavy atom. The highest BCUT2D eigenvalue weighted by atomic mass is 32.2. The molecular weight excluding hydrogens is 326 g/mol.